The van der Waals surface area contributed by atoms with Crippen molar-refractivity contribution >= 4 is 50.8 Å². The van der Waals surface area contributed by atoms with E-state index in [-0.39, 0.29) is 16.0 Å². The number of amides is 1. The number of hydrogen-bond donors (Lipinski definition) is 2. The molecule has 0 unspecified atom stereocenters. The van der Waals surface area contributed by atoms with Crippen LogP contribution >= 0.6 is 11.3 Å². The molecule has 0 saturated heterocycles. The molecule has 0 radical (unpaired) electrons. The summed E-state index contributed by atoms with van der Waals surface area (Å²) in [5.41, 5.74) is 2.67. The van der Waals surface area contributed by atoms with Gasteiger partial charge in [0, 0.05) is 10.8 Å². The Bertz CT molecular complexity index is 1240. The lowest BCUT2D eigenvalue weighted by Crippen LogP contribution is -2.14. The van der Waals surface area contributed by atoms with Crippen LogP contribution in [0.25, 0.3) is 12.2 Å². The summed E-state index contributed by atoms with van der Waals surface area (Å²) in [5, 5.41) is 6.80. The molecule has 2 heterocycles. The maximum absolute atomic E-state index is 12.8. The molecule has 0 spiro atoms. The summed E-state index contributed by atoms with van der Waals surface area (Å²) in [6, 6.07) is 10.7. The monoisotopic (exact) mass is 457 g/mol. The number of sulfonamides is 1. The molecule has 1 aliphatic carbocycles. The lowest BCUT2D eigenvalue weighted by Gasteiger charge is -2.10. The van der Waals surface area contributed by atoms with Gasteiger partial charge in [0.2, 0.25) is 5.91 Å². The van der Waals surface area contributed by atoms with E-state index in [9.17, 15) is 13.2 Å². The van der Waals surface area contributed by atoms with Gasteiger partial charge >= 0.3 is 0 Å². The Kier molecular flexibility index (Phi) is 5.97. The topological polar surface area (TPSA) is 101 Å². The molecule has 2 aromatic heterocycles. The number of benzene rings is 1. The molecule has 4 rings (SSSR count). The van der Waals surface area contributed by atoms with E-state index in [4.69, 9.17) is 4.52 Å². The van der Waals surface area contributed by atoms with Gasteiger partial charge < -0.3 is 9.84 Å². The summed E-state index contributed by atoms with van der Waals surface area (Å²) in [5.74, 6) is 0.477. The number of thiophene rings is 1. The molecular formula is C22H23N3O4S2. The summed E-state index contributed by atoms with van der Waals surface area (Å²) < 4.78 is 33.8. The van der Waals surface area contributed by atoms with Gasteiger partial charge in [0.1, 0.15) is 15.6 Å². The number of anilines is 2. The minimum Gasteiger partial charge on any atom is -0.354 e. The van der Waals surface area contributed by atoms with Crippen LogP contribution < -0.4 is 10.0 Å². The number of carbonyl (C=O) groups is 1. The second kappa shape index (κ2) is 8.68. The summed E-state index contributed by atoms with van der Waals surface area (Å²) in [7, 11) is -3.69. The lowest BCUT2D eigenvalue weighted by molar-refractivity contribution is -0.117. The molecule has 162 valence electrons. The number of hydrogen-bond acceptors (Lipinski definition) is 6. The maximum atomic E-state index is 12.8. The van der Waals surface area contributed by atoms with E-state index >= 15 is 0 Å². The van der Waals surface area contributed by atoms with Crippen molar-refractivity contribution in [1.82, 2.24) is 5.16 Å². The van der Waals surface area contributed by atoms with Gasteiger partial charge in [-0.2, -0.15) is 0 Å². The van der Waals surface area contributed by atoms with Gasteiger partial charge in [0.25, 0.3) is 10.0 Å². The molecule has 31 heavy (non-hydrogen) atoms. The van der Waals surface area contributed by atoms with Crippen molar-refractivity contribution in [2.45, 2.75) is 37.3 Å². The zero-order valence-electron chi connectivity index (χ0n) is 17.2. The van der Waals surface area contributed by atoms with Gasteiger partial charge in [-0.15, -0.1) is 11.3 Å². The molecule has 9 heteroatoms. The molecule has 1 saturated carbocycles. The molecule has 1 amide bonds. The lowest BCUT2D eigenvalue weighted by atomic mass is 10.1. The Balaban J connectivity index is 1.50. The van der Waals surface area contributed by atoms with E-state index in [0.717, 1.165) is 41.0 Å². The van der Waals surface area contributed by atoms with Crippen molar-refractivity contribution in [3.05, 3.63) is 58.3 Å². The fourth-order valence-corrected chi connectivity index (χ4v) is 5.40. The first kappa shape index (κ1) is 21.3. The summed E-state index contributed by atoms with van der Waals surface area (Å²) in [6.45, 7) is 3.74. The van der Waals surface area contributed by atoms with Gasteiger partial charge in [0.05, 0.1) is 5.69 Å². The van der Waals surface area contributed by atoms with Crippen molar-refractivity contribution in [3.63, 3.8) is 0 Å². The van der Waals surface area contributed by atoms with Gasteiger partial charge in [-0.3, -0.25) is 9.52 Å². The third-order valence-electron chi connectivity index (χ3n) is 4.99. The van der Waals surface area contributed by atoms with Crippen LogP contribution in [-0.2, 0) is 21.2 Å². The van der Waals surface area contributed by atoms with E-state index in [0.29, 0.717) is 22.8 Å². The molecule has 0 aliphatic heterocycles. The minimum absolute atomic E-state index is 0.0242. The third kappa shape index (κ3) is 4.88. The first-order valence-corrected chi connectivity index (χ1v) is 12.3. The highest BCUT2D eigenvalue weighted by atomic mass is 32.2. The SMILES string of the molecule is CCc1ccccc1NS(=O)(=O)c1ccc(C=Cc2onc(C)c2NC(=O)C2CC2)s1. The van der Waals surface area contributed by atoms with Gasteiger partial charge in [-0.05, 0) is 62.1 Å². The van der Waals surface area contributed by atoms with E-state index in [1.54, 1.807) is 43.3 Å². The van der Waals surface area contributed by atoms with Gasteiger partial charge in [-0.1, -0.05) is 30.3 Å². The zero-order valence-corrected chi connectivity index (χ0v) is 18.8. The first-order valence-electron chi connectivity index (χ1n) is 10.0. The summed E-state index contributed by atoms with van der Waals surface area (Å²) in [4.78, 5) is 12.8. The Labute approximate surface area is 185 Å². The zero-order chi connectivity index (χ0) is 22.0. The summed E-state index contributed by atoms with van der Waals surface area (Å²) >= 11 is 1.15. The van der Waals surface area contributed by atoms with Crippen LogP contribution in [0.5, 0.6) is 0 Å². The normalized spacial score (nSPS) is 14.1. The van der Waals surface area contributed by atoms with E-state index in [1.807, 2.05) is 19.1 Å². The van der Waals surface area contributed by atoms with Gasteiger partial charge in [0.15, 0.2) is 5.76 Å². The van der Waals surface area contributed by atoms with Crippen LogP contribution in [0.1, 0.15) is 41.7 Å². The molecule has 1 aliphatic rings. The number of rotatable bonds is 8. The molecule has 0 bridgehead atoms. The predicted octanol–water partition coefficient (Wildman–Crippen LogP) is 4.93. The van der Waals surface area contributed by atoms with Gasteiger partial charge in [-0.25, -0.2) is 8.42 Å². The molecule has 1 aromatic carbocycles. The van der Waals surface area contributed by atoms with Crippen LogP contribution in [0.3, 0.4) is 0 Å². The average molecular weight is 458 g/mol. The van der Waals surface area contributed by atoms with E-state index in [2.05, 4.69) is 15.2 Å². The largest absolute Gasteiger partial charge is 0.354 e. The van der Waals surface area contributed by atoms with Crippen LogP contribution in [-0.4, -0.2) is 19.5 Å². The molecule has 7 nitrogen and oxygen atoms in total. The maximum Gasteiger partial charge on any atom is 0.271 e. The van der Waals surface area contributed by atoms with Crippen molar-refractivity contribution in [2.24, 2.45) is 5.92 Å². The quantitative estimate of drug-likeness (QED) is 0.500. The fraction of sp³-hybridized carbons (Fsp3) is 0.273. The van der Waals surface area contributed by atoms with Crippen molar-refractivity contribution < 1.29 is 17.7 Å². The molecule has 3 aromatic rings. The third-order valence-corrected chi connectivity index (χ3v) is 7.90. The Morgan fingerprint density at radius 2 is 2.00 bits per heavy atom. The van der Waals surface area contributed by atoms with E-state index < -0.39 is 10.0 Å². The fourth-order valence-electron chi connectivity index (χ4n) is 3.07. The Morgan fingerprint density at radius 1 is 1.23 bits per heavy atom. The highest BCUT2D eigenvalue weighted by molar-refractivity contribution is 7.94. The number of nitrogens with one attached hydrogen (secondary N) is 2. The standard InChI is InChI=1S/C22H23N3O4S2/c1-3-15-6-4-5-7-18(15)25-31(27,28)20-13-11-17(30-20)10-12-19-21(14(2)24-29-19)23-22(26)16-8-9-16/h4-7,10-13,16,25H,3,8-9H2,1-2H3,(H,23,26). The first-order chi connectivity index (χ1) is 14.9. The smallest absolute Gasteiger partial charge is 0.271 e. The van der Waals surface area contributed by atoms with Crippen LogP contribution in [0.4, 0.5) is 11.4 Å². The number of aryl methyl sites for hydroxylation is 2. The highest BCUT2D eigenvalue weighted by Crippen LogP contribution is 2.32. The number of aromatic nitrogens is 1. The van der Waals surface area contributed by atoms with Crippen LogP contribution in [0.2, 0.25) is 0 Å². The van der Waals surface area contributed by atoms with Crippen molar-refractivity contribution in [2.75, 3.05) is 10.0 Å². The van der Waals surface area contributed by atoms with Crippen molar-refractivity contribution in [3.8, 4) is 0 Å². The Morgan fingerprint density at radius 3 is 2.74 bits per heavy atom. The van der Waals surface area contributed by atoms with Crippen LogP contribution in [0.15, 0.2) is 45.1 Å². The second-order valence-electron chi connectivity index (χ2n) is 7.38. The minimum atomic E-state index is -3.69. The van der Waals surface area contributed by atoms with E-state index in [1.165, 1.54) is 0 Å². The number of carbonyl (C=O) groups excluding carboxylic acids is 1. The Hall–Kier alpha value is -2.91. The predicted molar refractivity (Wildman–Crippen MR) is 122 cm³/mol. The molecule has 1 fully saturated rings. The van der Waals surface area contributed by atoms with Crippen LogP contribution in [0, 0.1) is 12.8 Å². The number of para-hydroxylation sites is 1. The second-order valence-corrected chi connectivity index (χ2v) is 10.4. The molecule has 2 N–H and O–H groups in total. The summed E-state index contributed by atoms with van der Waals surface area (Å²) in [6.07, 6.45) is 5.98. The average Bonchev–Trinajstić information content (AvgIpc) is 3.40. The molecular weight excluding hydrogens is 434 g/mol. The molecule has 0 atom stereocenters. The van der Waals surface area contributed by atoms with Crippen molar-refractivity contribution in [1.29, 1.82) is 0 Å². The highest BCUT2D eigenvalue weighted by Gasteiger charge is 2.30. The number of nitrogens with zero attached hydrogens (tertiary/aromatic N) is 1.